The Kier molecular flexibility index (Phi) is 8.62. The minimum atomic E-state index is -1.20. The van der Waals surface area contributed by atoms with Gasteiger partial charge in [-0.25, -0.2) is 0 Å². The van der Waals surface area contributed by atoms with Gasteiger partial charge in [-0.15, -0.1) is 0 Å². The third-order valence-electron chi connectivity index (χ3n) is 7.15. The van der Waals surface area contributed by atoms with Gasteiger partial charge in [0.15, 0.2) is 11.6 Å². The van der Waals surface area contributed by atoms with Gasteiger partial charge in [0.2, 0.25) is 0 Å². The number of nitrogens with zero attached hydrogens (tertiary/aromatic N) is 1. The zero-order valence-corrected chi connectivity index (χ0v) is 24.2. The first-order chi connectivity index (χ1) is 18.9. The standard InChI is InChI=1S/C33H34ClNO5/c1-32(2,31(38)39-5)19-23-16-27-18-25(14-15-35(27)20-23)29(37)33(3,4)30(40-21-22-10-7-6-8-11-22)28(36)24-12-9-13-26(34)17-24/h6-18,20,30H,19,21H2,1-5H3. The summed E-state index contributed by atoms with van der Waals surface area (Å²) in [5, 5.41) is 0.432. The van der Waals surface area contributed by atoms with E-state index in [1.165, 1.54) is 7.11 Å². The molecule has 40 heavy (non-hydrogen) atoms. The molecule has 0 N–H and O–H groups in total. The molecule has 2 heterocycles. The summed E-state index contributed by atoms with van der Waals surface area (Å²) in [4.78, 5) is 39.9. The highest BCUT2D eigenvalue weighted by molar-refractivity contribution is 6.31. The second-order valence-corrected chi connectivity index (χ2v) is 11.7. The van der Waals surface area contributed by atoms with Crippen LogP contribution in [-0.2, 0) is 27.3 Å². The molecule has 0 bridgehead atoms. The van der Waals surface area contributed by atoms with Crippen LogP contribution in [0.1, 0.15) is 59.5 Å². The van der Waals surface area contributed by atoms with E-state index in [4.69, 9.17) is 21.1 Å². The zero-order valence-electron chi connectivity index (χ0n) is 23.4. The molecule has 0 aliphatic carbocycles. The number of methoxy groups -OCH3 is 1. The summed E-state index contributed by atoms with van der Waals surface area (Å²) in [5.41, 5.74) is 1.60. The molecule has 0 fully saturated rings. The molecule has 1 unspecified atom stereocenters. The number of fused-ring (bicyclic) bond motifs is 1. The van der Waals surface area contributed by atoms with Crippen LogP contribution in [0.3, 0.4) is 0 Å². The number of ether oxygens (including phenoxy) is 2. The Morgan fingerprint density at radius 1 is 0.875 bits per heavy atom. The molecule has 2 aromatic heterocycles. The number of Topliss-reactive ketones (excluding diaryl/α,β-unsaturated/α-hetero) is 2. The van der Waals surface area contributed by atoms with E-state index in [0.29, 0.717) is 22.6 Å². The predicted octanol–water partition coefficient (Wildman–Crippen LogP) is 7.01. The average Bonchev–Trinajstić information content (AvgIpc) is 3.33. The molecule has 7 heteroatoms. The van der Waals surface area contributed by atoms with E-state index in [1.807, 2.05) is 67.0 Å². The van der Waals surface area contributed by atoms with Gasteiger partial charge in [0.05, 0.1) is 24.5 Å². The summed E-state index contributed by atoms with van der Waals surface area (Å²) in [7, 11) is 1.38. The Morgan fingerprint density at radius 2 is 1.60 bits per heavy atom. The lowest BCUT2D eigenvalue weighted by atomic mass is 9.76. The number of esters is 1. The summed E-state index contributed by atoms with van der Waals surface area (Å²) in [5.74, 6) is -0.819. The quantitative estimate of drug-likeness (QED) is 0.146. The number of carbonyl (C=O) groups is 3. The summed E-state index contributed by atoms with van der Waals surface area (Å²) in [6, 6.07) is 21.7. The number of aromatic nitrogens is 1. The van der Waals surface area contributed by atoms with Gasteiger partial charge in [-0.2, -0.15) is 0 Å². The van der Waals surface area contributed by atoms with E-state index >= 15 is 0 Å². The third-order valence-corrected chi connectivity index (χ3v) is 7.38. The second kappa shape index (κ2) is 11.8. The van der Waals surface area contributed by atoms with Crippen molar-refractivity contribution >= 4 is 34.7 Å². The Bertz CT molecular complexity index is 1540. The SMILES string of the molecule is COC(=O)C(C)(C)Cc1cc2cc(C(=O)C(C)(C)C(OCc3ccccc3)C(=O)c3cccc(Cl)c3)ccn2c1. The van der Waals surface area contributed by atoms with Crippen LogP contribution < -0.4 is 0 Å². The van der Waals surface area contributed by atoms with Gasteiger partial charge in [0.25, 0.3) is 0 Å². The topological polar surface area (TPSA) is 74.1 Å². The van der Waals surface area contributed by atoms with E-state index in [9.17, 15) is 14.4 Å². The van der Waals surface area contributed by atoms with Gasteiger partial charge in [0, 0.05) is 34.1 Å². The van der Waals surface area contributed by atoms with Crippen molar-refractivity contribution in [1.29, 1.82) is 0 Å². The maximum absolute atomic E-state index is 14.0. The third kappa shape index (κ3) is 6.35. The van der Waals surface area contributed by atoms with E-state index in [-0.39, 0.29) is 24.1 Å². The van der Waals surface area contributed by atoms with Crippen molar-refractivity contribution in [2.24, 2.45) is 10.8 Å². The molecule has 0 amide bonds. The molecular weight excluding hydrogens is 526 g/mol. The number of carbonyl (C=O) groups excluding carboxylic acids is 3. The van der Waals surface area contributed by atoms with Crippen LogP contribution in [0.4, 0.5) is 0 Å². The highest BCUT2D eigenvalue weighted by Gasteiger charge is 2.43. The lowest BCUT2D eigenvalue weighted by molar-refractivity contribution is -0.150. The molecule has 4 rings (SSSR count). The van der Waals surface area contributed by atoms with Gasteiger partial charge >= 0.3 is 5.97 Å². The highest BCUT2D eigenvalue weighted by Crippen LogP contribution is 2.33. The monoisotopic (exact) mass is 559 g/mol. The Morgan fingerprint density at radius 3 is 2.27 bits per heavy atom. The fraction of sp³-hybridized carbons (Fsp3) is 0.303. The zero-order chi connectivity index (χ0) is 29.1. The molecule has 6 nitrogen and oxygen atoms in total. The summed E-state index contributed by atoms with van der Waals surface area (Å²) < 4.78 is 13.1. The van der Waals surface area contributed by atoms with Crippen LogP contribution >= 0.6 is 11.6 Å². The van der Waals surface area contributed by atoms with Crippen molar-refractivity contribution < 1.29 is 23.9 Å². The first-order valence-corrected chi connectivity index (χ1v) is 13.5. The normalized spacial score (nSPS) is 12.8. The largest absolute Gasteiger partial charge is 0.469 e. The molecule has 0 spiro atoms. The number of hydrogen-bond acceptors (Lipinski definition) is 5. The Labute approximate surface area is 239 Å². The number of ketones is 2. The van der Waals surface area contributed by atoms with Crippen LogP contribution in [0.5, 0.6) is 0 Å². The number of halogens is 1. The lowest BCUT2D eigenvalue weighted by Gasteiger charge is -2.32. The molecule has 0 saturated carbocycles. The molecule has 0 saturated heterocycles. The molecular formula is C33H34ClNO5. The fourth-order valence-corrected chi connectivity index (χ4v) is 5.10. The molecule has 1 atom stereocenters. The summed E-state index contributed by atoms with van der Waals surface area (Å²) in [6.07, 6.45) is 3.18. The molecule has 4 aromatic rings. The van der Waals surface area contributed by atoms with E-state index in [0.717, 1.165) is 16.6 Å². The minimum absolute atomic E-state index is 0.172. The first kappa shape index (κ1) is 29.2. The first-order valence-electron chi connectivity index (χ1n) is 13.1. The van der Waals surface area contributed by atoms with Crippen molar-refractivity contribution in [3.63, 3.8) is 0 Å². The predicted molar refractivity (Wildman–Crippen MR) is 156 cm³/mol. The van der Waals surface area contributed by atoms with Crippen LogP contribution in [0, 0.1) is 10.8 Å². The van der Waals surface area contributed by atoms with Crippen molar-refractivity contribution in [2.75, 3.05) is 7.11 Å². The molecule has 0 aliphatic rings. The van der Waals surface area contributed by atoms with Crippen LogP contribution in [-0.4, -0.2) is 35.2 Å². The number of benzene rings is 2. The molecule has 0 aliphatic heterocycles. The fourth-order valence-electron chi connectivity index (χ4n) is 4.91. The van der Waals surface area contributed by atoms with Crippen LogP contribution in [0.2, 0.25) is 5.02 Å². The van der Waals surface area contributed by atoms with Gasteiger partial charge < -0.3 is 13.9 Å². The van der Waals surface area contributed by atoms with Crippen molar-refractivity contribution in [3.05, 3.63) is 112 Å². The van der Waals surface area contributed by atoms with E-state index in [2.05, 4.69) is 0 Å². The summed E-state index contributed by atoms with van der Waals surface area (Å²) in [6.45, 7) is 7.32. The van der Waals surface area contributed by atoms with Gasteiger partial charge in [-0.05, 0) is 75.6 Å². The highest BCUT2D eigenvalue weighted by atomic mass is 35.5. The molecule has 208 valence electrons. The van der Waals surface area contributed by atoms with Gasteiger partial charge in [0.1, 0.15) is 6.10 Å². The van der Waals surface area contributed by atoms with Gasteiger partial charge in [-0.1, -0.05) is 54.1 Å². The van der Waals surface area contributed by atoms with Crippen LogP contribution in [0.15, 0.2) is 85.2 Å². The maximum atomic E-state index is 14.0. The smallest absolute Gasteiger partial charge is 0.311 e. The number of hydrogen-bond donors (Lipinski definition) is 0. The summed E-state index contributed by atoms with van der Waals surface area (Å²) >= 11 is 6.17. The van der Waals surface area contributed by atoms with Gasteiger partial charge in [-0.3, -0.25) is 14.4 Å². The molecule has 2 aromatic carbocycles. The van der Waals surface area contributed by atoms with E-state index < -0.39 is 16.9 Å². The van der Waals surface area contributed by atoms with E-state index in [1.54, 1.807) is 50.2 Å². The van der Waals surface area contributed by atoms with Crippen molar-refractivity contribution in [2.45, 2.75) is 46.8 Å². The van der Waals surface area contributed by atoms with Crippen LogP contribution in [0.25, 0.3) is 5.52 Å². The lowest BCUT2D eigenvalue weighted by Crippen LogP contribution is -2.44. The van der Waals surface area contributed by atoms with Crippen molar-refractivity contribution in [1.82, 2.24) is 4.40 Å². The second-order valence-electron chi connectivity index (χ2n) is 11.3. The Balaban J connectivity index is 1.65. The maximum Gasteiger partial charge on any atom is 0.311 e. The molecule has 0 radical (unpaired) electrons. The number of pyridine rings is 1. The number of rotatable bonds is 11. The minimum Gasteiger partial charge on any atom is -0.469 e. The van der Waals surface area contributed by atoms with Crippen molar-refractivity contribution in [3.8, 4) is 0 Å². The average molecular weight is 560 g/mol. The Hall–Kier alpha value is -3.74.